The van der Waals surface area contributed by atoms with Crippen molar-refractivity contribution in [3.05, 3.63) is 23.1 Å². The first-order chi connectivity index (χ1) is 7.60. The van der Waals surface area contributed by atoms with Gasteiger partial charge in [0.05, 0.1) is 7.11 Å². The Kier molecular flexibility index (Phi) is 2.75. The fourth-order valence-corrected chi connectivity index (χ4v) is 4.52. The number of ether oxygens (including phenoxy) is 1. The minimum Gasteiger partial charge on any atom is -0.468 e. The Labute approximate surface area is 100 Å². The van der Waals surface area contributed by atoms with Crippen molar-refractivity contribution >= 4 is 17.7 Å². The number of esters is 1. The fourth-order valence-electron chi connectivity index (χ4n) is 2.70. The molecule has 0 aromatic heterocycles. The molecule has 1 aliphatic carbocycles. The van der Waals surface area contributed by atoms with Crippen molar-refractivity contribution in [2.75, 3.05) is 12.9 Å². The van der Waals surface area contributed by atoms with Crippen LogP contribution in [-0.4, -0.2) is 29.1 Å². The van der Waals surface area contributed by atoms with Crippen LogP contribution in [0.2, 0.25) is 0 Å². The lowest BCUT2D eigenvalue weighted by atomic mass is 9.72. The molecule has 2 rings (SSSR count). The van der Waals surface area contributed by atoms with Gasteiger partial charge in [-0.15, -0.1) is 11.8 Å². The summed E-state index contributed by atoms with van der Waals surface area (Å²) in [4.78, 5) is 15.9. The predicted octanol–water partition coefficient (Wildman–Crippen LogP) is 2.43. The van der Waals surface area contributed by atoms with E-state index >= 15 is 0 Å². The quantitative estimate of drug-likeness (QED) is 0.399. The summed E-state index contributed by atoms with van der Waals surface area (Å²) >= 11 is 1.60. The van der Waals surface area contributed by atoms with Crippen LogP contribution in [0.5, 0.6) is 0 Å². The minimum absolute atomic E-state index is 0.224. The van der Waals surface area contributed by atoms with Crippen molar-refractivity contribution in [3.8, 4) is 0 Å². The molecular formula is C12H15NO2S. The van der Waals surface area contributed by atoms with Crippen LogP contribution >= 0.6 is 11.8 Å². The summed E-state index contributed by atoms with van der Waals surface area (Å²) in [5, 5.41) is 0. The monoisotopic (exact) mass is 237 g/mol. The number of hydrogen-bond donors (Lipinski definition) is 0. The smallest absolute Gasteiger partial charge is 0.330 e. The van der Waals surface area contributed by atoms with E-state index in [4.69, 9.17) is 11.3 Å². The molecule has 0 saturated carbocycles. The Morgan fingerprint density at radius 1 is 1.69 bits per heavy atom. The molecule has 0 amide bonds. The van der Waals surface area contributed by atoms with Gasteiger partial charge in [-0.3, -0.25) is 4.79 Å². The zero-order valence-corrected chi connectivity index (χ0v) is 10.4. The van der Waals surface area contributed by atoms with E-state index in [9.17, 15) is 4.79 Å². The maximum atomic E-state index is 12.1. The second kappa shape index (κ2) is 3.81. The second-order valence-electron chi connectivity index (χ2n) is 4.49. The van der Waals surface area contributed by atoms with Crippen LogP contribution in [0.1, 0.15) is 26.2 Å². The molecule has 3 nitrogen and oxygen atoms in total. The molecule has 16 heavy (non-hydrogen) atoms. The number of rotatable bonds is 1. The van der Waals surface area contributed by atoms with E-state index in [1.165, 1.54) is 12.7 Å². The lowest BCUT2D eigenvalue weighted by Crippen LogP contribution is -2.53. The van der Waals surface area contributed by atoms with Crippen molar-refractivity contribution in [1.29, 1.82) is 0 Å². The molecule has 0 spiro atoms. The molecule has 0 aromatic carbocycles. The van der Waals surface area contributed by atoms with Gasteiger partial charge in [-0.1, -0.05) is 11.6 Å². The van der Waals surface area contributed by atoms with E-state index in [-0.39, 0.29) is 5.97 Å². The highest BCUT2D eigenvalue weighted by atomic mass is 32.2. The summed E-state index contributed by atoms with van der Waals surface area (Å²) in [5.74, 6) is 0.650. The molecular weight excluding hydrogens is 222 g/mol. The van der Waals surface area contributed by atoms with E-state index < -0.39 is 10.3 Å². The van der Waals surface area contributed by atoms with Crippen molar-refractivity contribution in [1.82, 2.24) is 0 Å². The Balaban J connectivity index is 2.50. The summed E-state index contributed by atoms with van der Waals surface area (Å²) in [5.41, 5.74) is 0.628. The molecule has 0 radical (unpaired) electrons. The summed E-state index contributed by atoms with van der Waals surface area (Å²) < 4.78 is 4.29. The Morgan fingerprint density at radius 3 is 3.06 bits per heavy atom. The van der Waals surface area contributed by atoms with E-state index in [2.05, 4.69) is 10.9 Å². The Bertz CT molecular complexity index is 398. The third-order valence-electron chi connectivity index (χ3n) is 3.66. The average molecular weight is 237 g/mol. The predicted molar refractivity (Wildman–Crippen MR) is 64.1 cm³/mol. The van der Waals surface area contributed by atoms with Gasteiger partial charge in [0.25, 0.3) is 5.54 Å². The molecule has 0 bridgehead atoms. The van der Waals surface area contributed by atoms with E-state index in [1.54, 1.807) is 11.8 Å². The van der Waals surface area contributed by atoms with E-state index in [1.807, 2.05) is 6.92 Å². The number of carbonyl (C=O) groups is 1. The normalized spacial score (nSPS) is 37.2. The van der Waals surface area contributed by atoms with Crippen molar-refractivity contribution < 1.29 is 9.53 Å². The third kappa shape index (κ3) is 1.31. The number of nitrogens with zero attached hydrogens (tertiary/aromatic N) is 1. The molecule has 86 valence electrons. The highest BCUT2D eigenvalue weighted by Crippen LogP contribution is 2.56. The highest BCUT2D eigenvalue weighted by Gasteiger charge is 2.67. The number of thioether (sulfide) groups is 1. The van der Waals surface area contributed by atoms with Crippen LogP contribution in [0.4, 0.5) is 0 Å². The molecule has 2 atom stereocenters. The van der Waals surface area contributed by atoms with Crippen molar-refractivity contribution in [2.45, 2.75) is 36.5 Å². The number of methoxy groups -OCH3 is 1. The van der Waals surface area contributed by atoms with Crippen molar-refractivity contribution in [2.24, 2.45) is 0 Å². The van der Waals surface area contributed by atoms with Crippen LogP contribution in [0.25, 0.3) is 4.85 Å². The summed E-state index contributed by atoms with van der Waals surface area (Å²) in [7, 11) is 1.42. The van der Waals surface area contributed by atoms with E-state index in [0.29, 0.717) is 12.8 Å². The SMILES string of the molecule is [C-]#[N+]C12CC=C(C)CC1(C(=O)OC)SCC2. The Morgan fingerprint density at radius 2 is 2.44 bits per heavy atom. The number of allylic oxidation sites excluding steroid dienone is 1. The lowest BCUT2D eigenvalue weighted by molar-refractivity contribution is -0.145. The van der Waals surface area contributed by atoms with Crippen molar-refractivity contribution in [3.63, 3.8) is 0 Å². The maximum absolute atomic E-state index is 12.1. The summed E-state index contributed by atoms with van der Waals surface area (Å²) in [6.45, 7) is 9.47. The topological polar surface area (TPSA) is 30.7 Å². The van der Waals surface area contributed by atoms with Gasteiger partial charge in [0.1, 0.15) is 0 Å². The van der Waals surface area contributed by atoms with Gasteiger partial charge >= 0.3 is 5.97 Å². The Hall–Kier alpha value is -0.950. The highest BCUT2D eigenvalue weighted by molar-refractivity contribution is 8.01. The number of carbonyl (C=O) groups excluding carboxylic acids is 1. The van der Waals surface area contributed by atoms with Gasteiger partial charge in [0.15, 0.2) is 4.75 Å². The molecule has 1 aliphatic heterocycles. The van der Waals surface area contributed by atoms with Crippen LogP contribution in [0.15, 0.2) is 11.6 Å². The fraction of sp³-hybridized carbons (Fsp3) is 0.667. The van der Waals surface area contributed by atoms with E-state index in [0.717, 1.165) is 12.2 Å². The first-order valence-corrected chi connectivity index (χ1v) is 6.35. The lowest BCUT2D eigenvalue weighted by Gasteiger charge is -2.36. The number of fused-ring (bicyclic) bond motifs is 1. The zero-order valence-electron chi connectivity index (χ0n) is 9.58. The summed E-state index contributed by atoms with van der Waals surface area (Å²) in [6, 6.07) is 0. The average Bonchev–Trinajstić information content (AvgIpc) is 2.68. The first kappa shape index (κ1) is 11.5. The molecule has 1 heterocycles. The maximum Gasteiger partial charge on any atom is 0.330 e. The van der Waals surface area contributed by atoms with Crippen LogP contribution < -0.4 is 0 Å². The summed E-state index contributed by atoms with van der Waals surface area (Å²) in [6.07, 6.45) is 4.24. The largest absolute Gasteiger partial charge is 0.468 e. The van der Waals surface area contributed by atoms with Gasteiger partial charge in [-0.25, -0.2) is 6.57 Å². The first-order valence-electron chi connectivity index (χ1n) is 5.37. The second-order valence-corrected chi connectivity index (χ2v) is 5.89. The molecule has 2 aliphatic rings. The van der Waals surface area contributed by atoms with Crippen LogP contribution in [-0.2, 0) is 9.53 Å². The molecule has 1 fully saturated rings. The van der Waals surface area contributed by atoms with Gasteiger partial charge in [0.2, 0.25) is 0 Å². The molecule has 0 aromatic rings. The standard InChI is InChI=1S/C12H15NO2S/c1-9-4-5-11(13-2)6-7-16-12(11,8-9)10(14)15-3/h4H,5-8H2,1,3H3. The molecule has 1 saturated heterocycles. The van der Waals surface area contributed by atoms with Gasteiger partial charge in [-0.2, -0.15) is 0 Å². The van der Waals surface area contributed by atoms with Gasteiger partial charge in [-0.05, 0) is 6.92 Å². The number of hydrogen-bond acceptors (Lipinski definition) is 3. The van der Waals surface area contributed by atoms with Gasteiger partial charge < -0.3 is 9.58 Å². The minimum atomic E-state index is -0.650. The zero-order chi connectivity index (χ0) is 11.8. The third-order valence-corrected chi connectivity index (χ3v) is 5.25. The molecule has 4 heteroatoms. The molecule has 0 N–H and O–H groups in total. The van der Waals surface area contributed by atoms with Gasteiger partial charge in [0, 0.05) is 25.0 Å². The molecule has 2 unspecified atom stereocenters. The van der Waals surface area contributed by atoms with Crippen LogP contribution in [0.3, 0.4) is 0 Å². The van der Waals surface area contributed by atoms with Crippen LogP contribution in [0, 0.1) is 6.57 Å².